The Labute approximate surface area is 96.3 Å². The van der Waals surface area contributed by atoms with E-state index in [9.17, 15) is 4.79 Å². The molecule has 0 saturated heterocycles. The zero-order valence-electron chi connectivity index (χ0n) is 9.16. The fourth-order valence-electron chi connectivity index (χ4n) is 2.01. The van der Waals surface area contributed by atoms with E-state index in [2.05, 4.69) is 23.8 Å². The summed E-state index contributed by atoms with van der Waals surface area (Å²) >= 11 is 1.54. The Hall–Kier alpha value is -1.20. The molecule has 1 aliphatic heterocycles. The minimum atomic E-state index is -0.138. The van der Waals surface area contributed by atoms with Crippen LogP contribution in [-0.2, 0) is 17.8 Å². The summed E-state index contributed by atoms with van der Waals surface area (Å²) in [7, 11) is 0. The van der Waals surface area contributed by atoms with Crippen molar-refractivity contribution in [2.24, 2.45) is 0 Å². The normalized spacial score (nSPS) is 18.6. The molecular weight excluding hydrogens is 224 g/mol. The fourth-order valence-corrected chi connectivity index (χ4v) is 3.38. The molecule has 0 atom stereocenters. The predicted molar refractivity (Wildman–Crippen MR) is 62.8 cm³/mol. The van der Waals surface area contributed by atoms with Gasteiger partial charge in [-0.2, -0.15) is 0 Å². The van der Waals surface area contributed by atoms with Crippen LogP contribution in [0.2, 0.25) is 0 Å². The van der Waals surface area contributed by atoms with E-state index in [-0.39, 0.29) is 11.2 Å². The third-order valence-corrected chi connectivity index (χ3v) is 4.07. The highest BCUT2D eigenvalue weighted by atomic mass is 32.1. The van der Waals surface area contributed by atoms with E-state index in [4.69, 9.17) is 4.74 Å². The van der Waals surface area contributed by atoms with E-state index < -0.39 is 0 Å². The minimum Gasteiger partial charge on any atom is -0.370 e. The number of nitrogens with zero attached hydrogens (tertiary/aromatic N) is 1. The molecule has 0 aliphatic carbocycles. The largest absolute Gasteiger partial charge is 0.370 e. The molecule has 1 N–H and O–H groups in total. The first-order chi connectivity index (χ1) is 7.57. The lowest BCUT2D eigenvalue weighted by atomic mass is 9.98. The quantitative estimate of drug-likeness (QED) is 0.759. The average molecular weight is 236 g/mol. The zero-order chi connectivity index (χ0) is 11.3. The summed E-state index contributed by atoms with van der Waals surface area (Å²) in [6, 6.07) is 0. The van der Waals surface area contributed by atoms with Gasteiger partial charge in [0.15, 0.2) is 0 Å². The molecule has 4 nitrogen and oxygen atoms in total. The number of thiophene rings is 1. The van der Waals surface area contributed by atoms with Crippen molar-refractivity contribution in [3.8, 4) is 0 Å². The van der Waals surface area contributed by atoms with Gasteiger partial charge in [-0.05, 0) is 13.8 Å². The molecule has 0 bridgehead atoms. The first kappa shape index (κ1) is 9.99. The molecule has 0 spiro atoms. The number of rotatable bonds is 0. The van der Waals surface area contributed by atoms with Crippen LogP contribution in [0, 0.1) is 0 Å². The second-order valence-electron chi connectivity index (χ2n) is 4.64. The van der Waals surface area contributed by atoms with Gasteiger partial charge in [-0.3, -0.25) is 4.79 Å². The lowest BCUT2D eigenvalue weighted by molar-refractivity contribution is -0.0383. The maximum Gasteiger partial charge on any atom is 0.268 e. The van der Waals surface area contributed by atoms with E-state index in [1.807, 2.05) is 0 Å². The van der Waals surface area contributed by atoms with Crippen molar-refractivity contribution in [3.05, 3.63) is 27.1 Å². The maximum absolute atomic E-state index is 11.6. The van der Waals surface area contributed by atoms with Crippen LogP contribution in [0.15, 0.2) is 11.1 Å². The molecule has 5 heteroatoms. The first-order valence-corrected chi connectivity index (χ1v) is 6.00. The van der Waals surface area contributed by atoms with E-state index in [0.29, 0.717) is 11.3 Å². The zero-order valence-corrected chi connectivity index (χ0v) is 9.98. The summed E-state index contributed by atoms with van der Waals surface area (Å²) in [5.74, 6) is 0. The summed E-state index contributed by atoms with van der Waals surface area (Å²) in [5, 5.41) is 0. The van der Waals surface area contributed by atoms with E-state index >= 15 is 0 Å². The Morgan fingerprint density at radius 1 is 1.56 bits per heavy atom. The number of nitrogens with one attached hydrogen (secondary N) is 1. The molecule has 16 heavy (non-hydrogen) atoms. The fraction of sp³-hybridized carbons (Fsp3) is 0.455. The number of hydrogen-bond acceptors (Lipinski definition) is 4. The molecular formula is C11H12N2O2S. The molecule has 0 unspecified atom stereocenters. The highest BCUT2D eigenvalue weighted by molar-refractivity contribution is 7.19. The Morgan fingerprint density at radius 2 is 2.38 bits per heavy atom. The summed E-state index contributed by atoms with van der Waals surface area (Å²) in [6.07, 6.45) is 2.31. The summed E-state index contributed by atoms with van der Waals surface area (Å²) < 4.78 is 6.47. The van der Waals surface area contributed by atoms with Crippen LogP contribution >= 0.6 is 11.3 Å². The van der Waals surface area contributed by atoms with Gasteiger partial charge < -0.3 is 9.72 Å². The molecule has 2 aromatic heterocycles. The van der Waals surface area contributed by atoms with Gasteiger partial charge in [-0.25, -0.2) is 4.98 Å². The first-order valence-electron chi connectivity index (χ1n) is 5.19. The van der Waals surface area contributed by atoms with Crippen LogP contribution in [0.3, 0.4) is 0 Å². The molecule has 3 rings (SSSR count). The molecule has 84 valence electrons. The smallest absolute Gasteiger partial charge is 0.268 e. The third kappa shape index (κ3) is 1.39. The summed E-state index contributed by atoms with van der Waals surface area (Å²) in [6.45, 7) is 4.69. The molecule has 0 radical (unpaired) electrons. The average Bonchev–Trinajstić information content (AvgIpc) is 2.55. The monoisotopic (exact) mass is 236 g/mol. The van der Waals surface area contributed by atoms with Crippen LogP contribution in [0.5, 0.6) is 0 Å². The van der Waals surface area contributed by atoms with Crippen LogP contribution in [-0.4, -0.2) is 15.6 Å². The highest BCUT2D eigenvalue weighted by Gasteiger charge is 2.29. The second kappa shape index (κ2) is 3.15. The van der Waals surface area contributed by atoms with E-state index in [1.54, 1.807) is 11.3 Å². The number of H-pyrrole nitrogens is 1. The molecule has 2 aromatic rings. The van der Waals surface area contributed by atoms with Gasteiger partial charge in [0.2, 0.25) is 0 Å². The number of fused-ring (bicyclic) bond motifs is 3. The molecule has 3 heterocycles. The van der Waals surface area contributed by atoms with Crippen molar-refractivity contribution in [2.45, 2.75) is 32.5 Å². The van der Waals surface area contributed by atoms with Gasteiger partial charge in [0.05, 0.1) is 24.1 Å². The molecule has 0 saturated carbocycles. The van der Waals surface area contributed by atoms with Gasteiger partial charge in [0.25, 0.3) is 5.56 Å². The number of aromatic nitrogens is 2. The second-order valence-corrected chi connectivity index (χ2v) is 5.74. The predicted octanol–water partition coefficient (Wildman–Crippen LogP) is 1.84. The maximum atomic E-state index is 11.6. The van der Waals surface area contributed by atoms with Gasteiger partial charge in [-0.1, -0.05) is 0 Å². The molecule has 0 fully saturated rings. The highest BCUT2D eigenvalue weighted by Crippen LogP contribution is 2.36. The van der Waals surface area contributed by atoms with Crippen molar-refractivity contribution >= 4 is 21.6 Å². The topological polar surface area (TPSA) is 55.0 Å². The van der Waals surface area contributed by atoms with Crippen molar-refractivity contribution in [2.75, 3.05) is 0 Å². The van der Waals surface area contributed by atoms with Crippen molar-refractivity contribution < 1.29 is 4.74 Å². The molecule has 1 aliphatic rings. The van der Waals surface area contributed by atoms with E-state index in [1.165, 1.54) is 11.2 Å². The lowest BCUT2D eigenvalue weighted by Crippen LogP contribution is -2.30. The van der Waals surface area contributed by atoms with Gasteiger partial charge in [0.1, 0.15) is 4.70 Å². The minimum absolute atomic E-state index is 0.0535. The van der Waals surface area contributed by atoms with Crippen molar-refractivity contribution in [3.63, 3.8) is 0 Å². The third-order valence-electron chi connectivity index (χ3n) is 2.85. The molecule has 0 amide bonds. The van der Waals surface area contributed by atoms with Crippen LogP contribution < -0.4 is 5.56 Å². The van der Waals surface area contributed by atoms with Gasteiger partial charge in [-0.15, -0.1) is 11.3 Å². The van der Waals surface area contributed by atoms with Crippen LogP contribution in [0.1, 0.15) is 24.3 Å². The SMILES string of the molecule is CC1(C)Cc2sc3c(=O)[nH]cnc3c2CO1. The number of aromatic amines is 1. The van der Waals surface area contributed by atoms with Crippen LogP contribution in [0.4, 0.5) is 0 Å². The Morgan fingerprint density at radius 3 is 3.19 bits per heavy atom. The number of ether oxygens (including phenoxy) is 1. The number of hydrogen-bond donors (Lipinski definition) is 1. The van der Waals surface area contributed by atoms with Gasteiger partial charge in [0, 0.05) is 16.9 Å². The Kier molecular flexibility index (Phi) is 1.96. The Bertz CT molecular complexity index is 612. The van der Waals surface area contributed by atoms with E-state index in [0.717, 1.165) is 17.5 Å². The van der Waals surface area contributed by atoms with Crippen molar-refractivity contribution in [1.29, 1.82) is 0 Å². The standard InChI is InChI=1S/C11H12N2O2S/c1-11(2)3-7-6(4-15-11)8-9(16-7)10(14)13-5-12-8/h5H,3-4H2,1-2H3,(H,12,13,14). The van der Waals surface area contributed by atoms with Crippen LogP contribution in [0.25, 0.3) is 10.2 Å². The summed E-state index contributed by atoms with van der Waals surface area (Å²) in [4.78, 5) is 19.7. The van der Waals surface area contributed by atoms with Gasteiger partial charge >= 0.3 is 0 Å². The lowest BCUT2D eigenvalue weighted by Gasteiger charge is -2.29. The Balaban J connectivity index is 2.28. The molecule has 0 aromatic carbocycles. The summed E-state index contributed by atoms with van der Waals surface area (Å²) in [5.41, 5.74) is 1.70. The van der Waals surface area contributed by atoms with Crippen molar-refractivity contribution in [1.82, 2.24) is 9.97 Å².